The molecule has 0 aliphatic heterocycles. The number of nitrogens with zero attached hydrogens (tertiary/aromatic N) is 2. The van der Waals surface area contributed by atoms with Crippen LogP contribution in [0.5, 0.6) is 0 Å². The lowest BCUT2D eigenvalue weighted by atomic mass is 10.1. The minimum atomic E-state index is -3.43. The summed E-state index contributed by atoms with van der Waals surface area (Å²) in [4.78, 5) is 0.237. The lowest BCUT2D eigenvalue weighted by Gasteiger charge is -2.10. The van der Waals surface area contributed by atoms with Crippen LogP contribution in [0.15, 0.2) is 17.3 Å². The Morgan fingerprint density at radius 1 is 1.50 bits per heavy atom. The smallest absolute Gasteiger partial charge is 0.243 e. The molecule has 0 spiro atoms. The van der Waals surface area contributed by atoms with E-state index in [0.29, 0.717) is 31.5 Å². The highest BCUT2D eigenvalue weighted by atomic mass is 32.2. The maximum Gasteiger partial charge on any atom is 0.243 e. The standard InChI is InChI=1S/C13H24N4O2S/c1-11-3-4-12(7-11)8-16-20(18,19)13-9-15-17(10-13)6-2-5-14/h9-12,16H,2-8,14H2,1H3. The molecule has 1 aromatic heterocycles. The highest BCUT2D eigenvalue weighted by Crippen LogP contribution is 2.29. The molecule has 1 aliphatic rings. The van der Waals surface area contributed by atoms with Crippen molar-refractivity contribution in [3.8, 4) is 0 Å². The minimum Gasteiger partial charge on any atom is -0.330 e. The van der Waals surface area contributed by atoms with Gasteiger partial charge < -0.3 is 5.73 Å². The topological polar surface area (TPSA) is 90.0 Å². The van der Waals surface area contributed by atoms with Crippen LogP contribution in [-0.4, -0.2) is 31.3 Å². The zero-order chi connectivity index (χ0) is 14.6. The van der Waals surface area contributed by atoms with Gasteiger partial charge in [0.15, 0.2) is 0 Å². The van der Waals surface area contributed by atoms with E-state index in [4.69, 9.17) is 5.73 Å². The minimum absolute atomic E-state index is 0.237. The maximum absolute atomic E-state index is 12.2. The third kappa shape index (κ3) is 4.04. The van der Waals surface area contributed by atoms with Crippen LogP contribution < -0.4 is 10.5 Å². The van der Waals surface area contributed by atoms with Gasteiger partial charge in [0.25, 0.3) is 0 Å². The van der Waals surface area contributed by atoms with Crippen molar-refractivity contribution in [3.05, 3.63) is 12.4 Å². The highest BCUT2D eigenvalue weighted by Gasteiger charge is 2.24. The van der Waals surface area contributed by atoms with Crippen molar-refractivity contribution in [3.63, 3.8) is 0 Å². The maximum atomic E-state index is 12.2. The number of aryl methyl sites for hydroxylation is 1. The zero-order valence-electron chi connectivity index (χ0n) is 12.0. The third-order valence-electron chi connectivity index (χ3n) is 3.88. The fourth-order valence-electron chi connectivity index (χ4n) is 2.68. The molecule has 2 unspecified atom stereocenters. The van der Waals surface area contributed by atoms with E-state index in [1.807, 2.05) is 0 Å². The molecule has 0 bridgehead atoms. The lowest BCUT2D eigenvalue weighted by Crippen LogP contribution is -2.28. The first kappa shape index (κ1) is 15.5. The summed E-state index contributed by atoms with van der Waals surface area (Å²) in [5, 5.41) is 4.05. The first-order chi connectivity index (χ1) is 9.51. The molecular weight excluding hydrogens is 276 g/mol. The molecule has 2 rings (SSSR count). The Bertz CT molecular complexity index is 526. The largest absolute Gasteiger partial charge is 0.330 e. The first-order valence-corrected chi connectivity index (χ1v) is 8.72. The van der Waals surface area contributed by atoms with E-state index in [0.717, 1.165) is 19.3 Å². The van der Waals surface area contributed by atoms with Gasteiger partial charge in [-0.05, 0) is 37.6 Å². The Hall–Kier alpha value is -0.920. The number of hydrogen-bond donors (Lipinski definition) is 2. The van der Waals surface area contributed by atoms with E-state index in [-0.39, 0.29) is 4.90 Å². The van der Waals surface area contributed by atoms with E-state index in [1.54, 1.807) is 10.9 Å². The van der Waals surface area contributed by atoms with Gasteiger partial charge in [0.05, 0.1) is 6.20 Å². The fraction of sp³-hybridized carbons (Fsp3) is 0.769. The number of sulfonamides is 1. The molecule has 20 heavy (non-hydrogen) atoms. The summed E-state index contributed by atoms with van der Waals surface area (Å²) in [5.74, 6) is 1.18. The van der Waals surface area contributed by atoms with Crippen molar-refractivity contribution in [1.82, 2.24) is 14.5 Å². The summed E-state index contributed by atoms with van der Waals surface area (Å²) in [5.41, 5.74) is 5.43. The monoisotopic (exact) mass is 300 g/mol. The van der Waals surface area contributed by atoms with Crippen molar-refractivity contribution < 1.29 is 8.42 Å². The Kier molecular flexibility index (Phi) is 5.17. The quantitative estimate of drug-likeness (QED) is 0.784. The summed E-state index contributed by atoms with van der Waals surface area (Å²) in [6, 6.07) is 0. The van der Waals surface area contributed by atoms with Crippen LogP contribution in [0.2, 0.25) is 0 Å². The molecule has 114 valence electrons. The fourth-order valence-corrected chi connectivity index (χ4v) is 3.75. The van der Waals surface area contributed by atoms with Crippen LogP contribution in [0.4, 0.5) is 0 Å². The predicted octanol–water partition coefficient (Wildman–Crippen LogP) is 0.946. The molecular formula is C13H24N4O2S. The van der Waals surface area contributed by atoms with Gasteiger partial charge in [0.1, 0.15) is 4.90 Å². The van der Waals surface area contributed by atoms with E-state index in [2.05, 4.69) is 16.7 Å². The van der Waals surface area contributed by atoms with E-state index in [1.165, 1.54) is 12.6 Å². The molecule has 3 N–H and O–H groups in total. The summed E-state index contributed by atoms with van der Waals surface area (Å²) < 4.78 is 28.7. The molecule has 0 radical (unpaired) electrons. The van der Waals surface area contributed by atoms with Crippen molar-refractivity contribution in [2.45, 2.75) is 44.0 Å². The number of hydrogen-bond acceptors (Lipinski definition) is 4. The van der Waals surface area contributed by atoms with Gasteiger partial charge in [-0.25, -0.2) is 13.1 Å². The summed E-state index contributed by atoms with van der Waals surface area (Å²) in [7, 11) is -3.43. The molecule has 1 aromatic rings. The van der Waals surface area contributed by atoms with Crippen LogP contribution in [0, 0.1) is 11.8 Å². The molecule has 0 amide bonds. The van der Waals surface area contributed by atoms with Gasteiger partial charge in [0, 0.05) is 19.3 Å². The Labute approximate surface area is 120 Å². The average molecular weight is 300 g/mol. The van der Waals surface area contributed by atoms with Crippen molar-refractivity contribution >= 4 is 10.0 Å². The van der Waals surface area contributed by atoms with Crippen molar-refractivity contribution in [1.29, 1.82) is 0 Å². The number of aromatic nitrogens is 2. The van der Waals surface area contributed by atoms with E-state index >= 15 is 0 Å². The van der Waals surface area contributed by atoms with E-state index < -0.39 is 10.0 Å². The van der Waals surface area contributed by atoms with Crippen LogP contribution in [0.1, 0.15) is 32.6 Å². The van der Waals surface area contributed by atoms with Gasteiger partial charge in [-0.2, -0.15) is 5.10 Å². The molecule has 0 saturated heterocycles. The Morgan fingerprint density at radius 2 is 2.30 bits per heavy atom. The molecule has 6 nitrogen and oxygen atoms in total. The molecule has 0 aromatic carbocycles. The average Bonchev–Trinajstić information content (AvgIpc) is 3.03. The van der Waals surface area contributed by atoms with Crippen LogP contribution in [0.25, 0.3) is 0 Å². The molecule has 1 aliphatic carbocycles. The van der Waals surface area contributed by atoms with Gasteiger partial charge in [-0.3, -0.25) is 4.68 Å². The number of nitrogens with two attached hydrogens (primary N) is 1. The number of rotatable bonds is 7. The molecule has 7 heteroatoms. The summed E-state index contributed by atoms with van der Waals surface area (Å²) >= 11 is 0. The Balaban J connectivity index is 1.90. The normalized spacial score (nSPS) is 23.3. The summed E-state index contributed by atoms with van der Waals surface area (Å²) in [6.07, 6.45) is 7.17. The predicted molar refractivity (Wildman–Crippen MR) is 77.6 cm³/mol. The third-order valence-corrected chi connectivity index (χ3v) is 5.25. The second kappa shape index (κ2) is 6.69. The highest BCUT2D eigenvalue weighted by molar-refractivity contribution is 7.89. The summed E-state index contributed by atoms with van der Waals surface area (Å²) in [6.45, 7) is 3.96. The van der Waals surface area contributed by atoms with Crippen LogP contribution >= 0.6 is 0 Å². The lowest BCUT2D eigenvalue weighted by molar-refractivity contribution is 0.498. The second-order valence-electron chi connectivity index (χ2n) is 5.72. The Morgan fingerprint density at radius 3 is 2.95 bits per heavy atom. The van der Waals surface area contributed by atoms with Crippen molar-refractivity contribution in [2.24, 2.45) is 17.6 Å². The van der Waals surface area contributed by atoms with Gasteiger partial charge >= 0.3 is 0 Å². The van der Waals surface area contributed by atoms with Gasteiger partial charge in [-0.15, -0.1) is 0 Å². The first-order valence-electron chi connectivity index (χ1n) is 7.23. The molecule has 1 fully saturated rings. The van der Waals surface area contributed by atoms with Crippen LogP contribution in [-0.2, 0) is 16.6 Å². The SMILES string of the molecule is CC1CCC(CNS(=O)(=O)c2cnn(CCCN)c2)C1. The molecule has 1 heterocycles. The second-order valence-corrected chi connectivity index (χ2v) is 7.48. The number of nitrogens with one attached hydrogen (secondary N) is 1. The van der Waals surface area contributed by atoms with E-state index in [9.17, 15) is 8.42 Å². The van der Waals surface area contributed by atoms with Crippen molar-refractivity contribution in [2.75, 3.05) is 13.1 Å². The molecule has 2 atom stereocenters. The van der Waals surface area contributed by atoms with Crippen LogP contribution in [0.3, 0.4) is 0 Å². The molecule has 1 saturated carbocycles. The van der Waals surface area contributed by atoms with Gasteiger partial charge in [0.2, 0.25) is 10.0 Å². The zero-order valence-corrected chi connectivity index (χ0v) is 12.8. The van der Waals surface area contributed by atoms with Gasteiger partial charge in [-0.1, -0.05) is 13.3 Å².